The molecule has 14 heavy (non-hydrogen) atoms. The number of rotatable bonds is 3. The number of ketones is 1. The fourth-order valence-electron chi connectivity index (χ4n) is 1.38. The maximum absolute atomic E-state index is 12.5. The highest BCUT2D eigenvalue weighted by Crippen LogP contribution is 2.25. The van der Waals surface area contributed by atoms with E-state index in [0.29, 0.717) is 17.5 Å². The molecule has 0 heterocycles. The zero-order valence-electron chi connectivity index (χ0n) is 8.18. The zero-order valence-corrected chi connectivity index (χ0v) is 8.18. The average Bonchev–Trinajstić information content (AvgIpc) is 2.16. The summed E-state index contributed by atoms with van der Waals surface area (Å²) in [6.07, 6.45) is -2.17. The molecule has 0 aromatic heterocycles. The van der Waals surface area contributed by atoms with Crippen LogP contribution in [0.4, 0.5) is 8.78 Å². The van der Waals surface area contributed by atoms with Crippen LogP contribution in [-0.2, 0) is 0 Å². The average molecular weight is 198 g/mol. The van der Waals surface area contributed by atoms with Gasteiger partial charge in [0.1, 0.15) is 0 Å². The van der Waals surface area contributed by atoms with Gasteiger partial charge in [-0.15, -0.1) is 0 Å². The molecule has 0 unspecified atom stereocenters. The van der Waals surface area contributed by atoms with Gasteiger partial charge in [0.15, 0.2) is 5.78 Å². The smallest absolute Gasteiger partial charge is 0.264 e. The van der Waals surface area contributed by atoms with Crippen LogP contribution in [-0.4, -0.2) is 5.78 Å². The monoisotopic (exact) mass is 198 g/mol. The molecule has 0 bridgehead atoms. The van der Waals surface area contributed by atoms with Crippen molar-refractivity contribution in [3.8, 4) is 0 Å². The Hall–Kier alpha value is -1.25. The van der Waals surface area contributed by atoms with Crippen molar-refractivity contribution in [2.75, 3.05) is 0 Å². The Kier molecular flexibility index (Phi) is 3.33. The highest BCUT2D eigenvalue weighted by molar-refractivity contribution is 5.97. The fraction of sp³-hybridized carbons (Fsp3) is 0.364. The summed E-state index contributed by atoms with van der Waals surface area (Å²) in [6.45, 7) is 3.28. The molecule has 0 aliphatic heterocycles. The number of alkyl halides is 2. The molecule has 3 heteroatoms. The van der Waals surface area contributed by atoms with Crippen molar-refractivity contribution in [2.45, 2.75) is 26.7 Å². The van der Waals surface area contributed by atoms with Gasteiger partial charge in [-0.05, 0) is 12.5 Å². The fourth-order valence-corrected chi connectivity index (χ4v) is 1.38. The number of Topliss-reactive ketones (excluding diaryl/α,β-unsaturated/α-hetero) is 1. The number of hydrogen-bond donors (Lipinski definition) is 0. The maximum Gasteiger partial charge on any atom is 0.264 e. The minimum absolute atomic E-state index is 0.0516. The van der Waals surface area contributed by atoms with Crippen LogP contribution >= 0.6 is 0 Å². The second kappa shape index (κ2) is 4.31. The van der Waals surface area contributed by atoms with Crippen LogP contribution in [0.2, 0.25) is 0 Å². The van der Waals surface area contributed by atoms with E-state index in [9.17, 15) is 13.6 Å². The first-order valence-electron chi connectivity index (χ1n) is 4.48. The lowest BCUT2D eigenvalue weighted by Crippen LogP contribution is -2.02. The Morgan fingerprint density at radius 2 is 2.07 bits per heavy atom. The standard InChI is InChI=1S/C11H12F2O/c1-3-10(14)8-5-4-6-9(7(8)2)11(12)13/h4-6,11H,3H2,1-2H3. The van der Waals surface area contributed by atoms with Crippen LogP contribution < -0.4 is 0 Å². The van der Waals surface area contributed by atoms with Crippen molar-refractivity contribution in [1.29, 1.82) is 0 Å². The first kappa shape index (κ1) is 10.8. The van der Waals surface area contributed by atoms with Gasteiger partial charge in [-0.1, -0.05) is 25.1 Å². The Balaban J connectivity index is 3.20. The van der Waals surface area contributed by atoms with Crippen LogP contribution in [0.15, 0.2) is 18.2 Å². The van der Waals surface area contributed by atoms with E-state index in [1.54, 1.807) is 19.9 Å². The van der Waals surface area contributed by atoms with Gasteiger partial charge in [-0.25, -0.2) is 8.78 Å². The predicted octanol–water partition coefficient (Wildman–Crippen LogP) is 3.53. The molecule has 0 spiro atoms. The second-order valence-electron chi connectivity index (χ2n) is 3.10. The van der Waals surface area contributed by atoms with Crippen molar-refractivity contribution in [1.82, 2.24) is 0 Å². The van der Waals surface area contributed by atoms with E-state index in [-0.39, 0.29) is 11.3 Å². The van der Waals surface area contributed by atoms with Crippen molar-refractivity contribution >= 4 is 5.78 Å². The molecule has 1 rings (SSSR count). The molecule has 1 aromatic carbocycles. The van der Waals surface area contributed by atoms with Crippen LogP contribution in [0, 0.1) is 6.92 Å². The maximum atomic E-state index is 12.5. The molecule has 0 saturated heterocycles. The van der Waals surface area contributed by atoms with Crippen LogP contribution in [0.3, 0.4) is 0 Å². The number of carbonyl (C=O) groups is 1. The van der Waals surface area contributed by atoms with Crippen LogP contribution in [0.5, 0.6) is 0 Å². The lowest BCUT2D eigenvalue weighted by atomic mass is 9.98. The number of halogens is 2. The minimum atomic E-state index is -2.51. The highest BCUT2D eigenvalue weighted by Gasteiger charge is 2.15. The largest absolute Gasteiger partial charge is 0.294 e. The van der Waals surface area contributed by atoms with Crippen molar-refractivity contribution < 1.29 is 13.6 Å². The Morgan fingerprint density at radius 3 is 2.57 bits per heavy atom. The van der Waals surface area contributed by atoms with Gasteiger partial charge in [0.2, 0.25) is 0 Å². The van der Waals surface area contributed by atoms with Crippen LogP contribution in [0.1, 0.15) is 41.3 Å². The van der Waals surface area contributed by atoms with Gasteiger partial charge in [-0.3, -0.25) is 4.79 Å². The van der Waals surface area contributed by atoms with Gasteiger partial charge < -0.3 is 0 Å². The molecule has 0 amide bonds. The molecule has 1 aromatic rings. The minimum Gasteiger partial charge on any atom is -0.294 e. The molecular weight excluding hydrogens is 186 g/mol. The number of carbonyl (C=O) groups excluding carboxylic acids is 1. The molecule has 0 N–H and O–H groups in total. The third-order valence-corrected chi connectivity index (χ3v) is 2.23. The van der Waals surface area contributed by atoms with Crippen molar-refractivity contribution in [3.63, 3.8) is 0 Å². The van der Waals surface area contributed by atoms with Gasteiger partial charge in [0, 0.05) is 17.5 Å². The van der Waals surface area contributed by atoms with Gasteiger partial charge >= 0.3 is 0 Å². The SMILES string of the molecule is CCC(=O)c1cccc(C(F)F)c1C. The van der Waals surface area contributed by atoms with E-state index < -0.39 is 6.43 Å². The topological polar surface area (TPSA) is 17.1 Å². The van der Waals surface area contributed by atoms with Crippen molar-refractivity contribution in [3.05, 3.63) is 34.9 Å². The summed E-state index contributed by atoms with van der Waals surface area (Å²) in [7, 11) is 0. The van der Waals surface area contributed by atoms with E-state index in [1.807, 2.05) is 0 Å². The highest BCUT2D eigenvalue weighted by atomic mass is 19.3. The molecule has 0 radical (unpaired) electrons. The molecule has 0 saturated carbocycles. The second-order valence-corrected chi connectivity index (χ2v) is 3.10. The first-order valence-corrected chi connectivity index (χ1v) is 4.48. The lowest BCUT2D eigenvalue weighted by Gasteiger charge is -2.08. The number of benzene rings is 1. The molecule has 76 valence electrons. The Labute approximate surface area is 81.7 Å². The summed E-state index contributed by atoms with van der Waals surface area (Å²) >= 11 is 0. The summed E-state index contributed by atoms with van der Waals surface area (Å²) < 4.78 is 24.9. The van der Waals surface area contributed by atoms with E-state index in [0.717, 1.165) is 0 Å². The van der Waals surface area contributed by atoms with Gasteiger partial charge in [0.25, 0.3) is 6.43 Å². The van der Waals surface area contributed by atoms with E-state index >= 15 is 0 Å². The molecule has 0 fully saturated rings. The quantitative estimate of drug-likeness (QED) is 0.679. The van der Waals surface area contributed by atoms with Crippen LogP contribution in [0.25, 0.3) is 0 Å². The number of hydrogen-bond acceptors (Lipinski definition) is 1. The van der Waals surface area contributed by atoms with Crippen molar-refractivity contribution in [2.24, 2.45) is 0 Å². The molecule has 0 atom stereocenters. The summed E-state index contributed by atoms with van der Waals surface area (Å²) in [6, 6.07) is 4.44. The Morgan fingerprint density at radius 1 is 1.43 bits per heavy atom. The first-order chi connectivity index (χ1) is 6.57. The molecule has 0 aliphatic rings. The molecular formula is C11H12F2O. The molecule has 1 nitrogen and oxygen atoms in total. The normalized spacial score (nSPS) is 10.6. The summed E-state index contributed by atoms with van der Waals surface area (Å²) in [5, 5.41) is 0. The third-order valence-electron chi connectivity index (χ3n) is 2.23. The Bertz CT molecular complexity index is 345. The van der Waals surface area contributed by atoms with E-state index in [4.69, 9.17) is 0 Å². The lowest BCUT2D eigenvalue weighted by molar-refractivity contribution is 0.0987. The third kappa shape index (κ3) is 1.97. The summed E-state index contributed by atoms with van der Waals surface area (Å²) in [5.74, 6) is -0.0926. The van der Waals surface area contributed by atoms with Gasteiger partial charge in [0.05, 0.1) is 0 Å². The predicted molar refractivity (Wildman–Crippen MR) is 50.8 cm³/mol. The summed E-state index contributed by atoms with van der Waals surface area (Å²) in [4.78, 5) is 11.4. The summed E-state index contributed by atoms with van der Waals surface area (Å²) in [5.41, 5.74) is 0.754. The van der Waals surface area contributed by atoms with Gasteiger partial charge in [-0.2, -0.15) is 0 Å². The zero-order chi connectivity index (χ0) is 10.7. The van der Waals surface area contributed by atoms with E-state index in [2.05, 4.69) is 0 Å². The molecule has 0 aliphatic carbocycles. The van der Waals surface area contributed by atoms with E-state index in [1.165, 1.54) is 12.1 Å².